The molecule has 1 N–H and O–H groups in total. The molecule has 1 aromatic carbocycles. The first-order chi connectivity index (χ1) is 7.73. The Morgan fingerprint density at radius 1 is 1.00 bits per heavy atom. The van der Waals surface area contributed by atoms with Gasteiger partial charge in [-0.25, -0.2) is 0 Å². The van der Waals surface area contributed by atoms with E-state index in [2.05, 4.69) is 49.5 Å². The SMILES string of the molecule is CC(C)NC1(c2ccccc2)CCCCC1. The van der Waals surface area contributed by atoms with Crippen molar-refractivity contribution >= 4 is 0 Å². The van der Waals surface area contributed by atoms with Gasteiger partial charge < -0.3 is 5.32 Å². The minimum absolute atomic E-state index is 0.244. The fourth-order valence-electron chi connectivity index (χ4n) is 2.98. The Morgan fingerprint density at radius 3 is 2.19 bits per heavy atom. The van der Waals surface area contributed by atoms with Gasteiger partial charge in [0.05, 0.1) is 0 Å². The lowest BCUT2D eigenvalue weighted by molar-refractivity contribution is 0.217. The first-order valence-electron chi connectivity index (χ1n) is 6.56. The average molecular weight is 217 g/mol. The standard InChI is InChI=1S/C15H23N/c1-13(2)16-15(11-7-4-8-12-15)14-9-5-3-6-10-14/h3,5-6,9-10,13,16H,4,7-8,11-12H2,1-2H3. The topological polar surface area (TPSA) is 12.0 Å². The van der Waals surface area contributed by atoms with E-state index in [1.165, 1.54) is 37.7 Å². The zero-order valence-corrected chi connectivity index (χ0v) is 10.5. The molecule has 0 radical (unpaired) electrons. The van der Waals surface area contributed by atoms with Crippen LogP contribution in [0.1, 0.15) is 51.5 Å². The lowest BCUT2D eigenvalue weighted by atomic mass is 9.76. The molecule has 1 aliphatic carbocycles. The first-order valence-corrected chi connectivity index (χ1v) is 6.56. The second-order valence-corrected chi connectivity index (χ2v) is 5.31. The van der Waals surface area contributed by atoms with Gasteiger partial charge in [0.15, 0.2) is 0 Å². The molecule has 0 atom stereocenters. The minimum Gasteiger partial charge on any atom is -0.305 e. The summed E-state index contributed by atoms with van der Waals surface area (Å²) in [6, 6.07) is 11.5. The molecule has 1 nitrogen and oxygen atoms in total. The highest BCUT2D eigenvalue weighted by Crippen LogP contribution is 2.37. The third-order valence-corrected chi connectivity index (χ3v) is 3.60. The van der Waals surface area contributed by atoms with Gasteiger partial charge in [-0.15, -0.1) is 0 Å². The van der Waals surface area contributed by atoms with E-state index in [9.17, 15) is 0 Å². The monoisotopic (exact) mass is 217 g/mol. The van der Waals surface area contributed by atoms with Gasteiger partial charge in [0.2, 0.25) is 0 Å². The third-order valence-electron chi connectivity index (χ3n) is 3.60. The van der Waals surface area contributed by atoms with Crippen LogP contribution in [0.25, 0.3) is 0 Å². The lowest BCUT2D eigenvalue weighted by Gasteiger charge is -2.40. The van der Waals surface area contributed by atoms with E-state index in [0.29, 0.717) is 6.04 Å². The summed E-state index contributed by atoms with van der Waals surface area (Å²) in [5, 5.41) is 3.81. The summed E-state index contributed by atoms with van der Waals surface area (Å²) in [4.78, 5) is 0. The van der Waals surface area contributed by atoms with Crippen molar-refractivity contribution in [1.29, 1.82) is 0 Å². The second kappa shape index (κ2) is 5.01. The van der Waals surface area contributed by atoms with Gasteiger partial charge in [-0.3, -0.25) is 0 Å². The van der Waals surface area contributed by atoms with Crippen LogP contribution in [0.5, 0.6) is 0 Å². The molecule has 1 aromatic rings. The maximum atomic E-state index is 3.81. The molecule has 0 aromatic heterocycles. The summed E-state index contributed by atoms with van der Waals surface area (Å²) in [5.41, 5.74) is 1.72. The number of hydrogen-bond acceptors (Lipinski definition) is 1. The molecule has 0 saturated heterocycles. The molecule has 0 aliphatic heterocycles. The number of hydrogen-bond donors (Lipinski definition) is 1. The largest absolute Gasteiger partial charge is 0.305 e. The van der Waals surface area contributed by atoms with E-state index in [1.807, 2.05) is 0 Å². The predicted octanol–water partition coefficient (Wildman–Crippen LogP) is 3.84. The molecule has 16 heavy (non-hydrogen) atoms. The molecule has 1 saturated carbocycles. The van der Waals surface area contributed by atoms with Crippen LogP contribution in [0.4, 0.5) is 0 Å². The molecule has 0 heterocycles. The van der Waals surface area contributed by atoms with Gasteiger partial charge in [0.1, 0.15) is 0 Å². The summed E-state index contributed by atoms with van der Waals surface area (Å²) < 4.78 is 0. The Morgan fingerprint density at radius 2 is 1.62 bits per heavy atom. The number of nitrogens with one attached hydrogen (secondary N) is 1. The molecule has 0 spiro atoms. The molecule has 88 valence electrons. The van der Waals surface area contributed by atoms with Gasteiger partial charge in [0, 0.05) is 11.6 Å². The molecule has 1 aliphatic rings. The lowest BCUT2D eigenvalue weighted by Crippen LogP contribution is -2.47. The van der Waals surface area contributed by atoms with Gasteiger partial charge in [-0.05, 0) is 18.4 Å². The van der Waals surface area contributed by atoms with Gasteiger partial charge in [-0.2, -0.15) is 0 Å². The van der Waals surface area contributed by atoms with Crippen LogP contribution in [-0.2, 0) is 5.54 Å². The van der Waals surface area contributed by atoms with E-state index < -0.39 is 0 Å². The van der Waals surface area contributed by atoms with Crippen molar-refractivity contribution in [1.82, 2.24) is 5.32 Å². The molecule has 0 amide bonds. The molecule has 1 fully saturated rings. The smallest absolute Gasteiger partial charge is 0.0436 e. The zero-order chi connectivity index (χ0) is 11.4. The van der Waals surface area contributed by atoms with Crippen molar-refractivity contribution in [3.05, 3.63) is 35.9 Å². The van der Waals surface area contributed by atoms with E-state index in [1.54, 1.807) is 0 Å². The molecular weight excluding hydrogens is 194 g/mol. The molecule has 1 heteroatoms. The highest BCUT2D eigenvalue weighted by atomic mass is 15.0. The van der Waals surface area contributed by atoms with Crippen LogP contribution in [-0.4, -0.2) is 6.04 Å². The second-order valence-electron chi connectivity index (χ2n) is 5.31. The number of benzene rings is 1. The Labute approximate surface area is 99.3 Å². The predicted molar refractivity (Wildman–Crippen MR) is 69.5 cm³/mol. The Bertz CT molecular complexity index is 309. The van der Waals surface area contributed by atoms with Crippen LogP contribution < -0.4 is 5.32 Å². The van der Waals surface area contributed by atoms with Crippen LogP contribution >= 0.6 is 0 Å². The Kier molecular flexibility index (Phi) is 3.65. The van der Waals surface area contributed by atoms with Crippen LogP contribution in [0.2, 0.25) is 0 Å². The van der Waals surface area contributed by atoms with Crippen molar-refractivity contribution < 1.29 is 0 Å². The van der Waals surface area contributed by atoms with Crippen molar-refractivity contribution in [2.75, 3.05) is 0 Å². The van der Waals surface area contributed by atoms with E-state index in [-0.39, 0.29) is 5.54 Å². The van der Waals surface area contributed by atoms with Gasteiger partial charge >= 0.3 is 0 Å². The van der Waals surface area contributed by atoms with Crippen molar-refractivity contribution in [2.45, 2.75) is 57.5 Å². The van der Waals surface area contributed by atoms with Crippen molar-refractivity contribution in [3.8, 4) is 0 Å². The summed E-state index contributed by atoms with van der Waals surface area (Å²) in [5.74, 6) is 0. The first kappa shape index (κ1) is 11.7. The van der Waals surface area contributed by atoms with Gasteiger partial charge in [-0.1, -0.05) is 63.4 Å². The minimum atomic E-state index is 0.244. The summed E-state index contributed by atoms with van der Waals surface area (Å²) >= 11 is 0. The summed E-state index contributed by atoms with van der Waals surface area (Å²) in [6.45, 7) is 4.50. The maximum Gasteiger partial charge on any atom is 0.0436 e. The van der Waals surface area contributed by atoms with E-state index in [4.69, 9.17) is 0 Å². The highest BCUT2D eigenvalue weighted by Gasteiger charge is 2.33. The quantitative estimate of drug-likeness (QED) is 0.811. The average Bonchev–Trinajstić information content (AvgIpc) is 2.30. The Balaban J connectivity index is 2.26. The van der Waals surface area contributed by atoms with Crippen molar-refractivity contribution in [2.24, 2.45) is 0 Å². The highest BCUT2D eigenvalue weighted by molar-refractivity contribution is 5.25. The molecule has 0 bridgehead atoms. The van der Waals surface area contributed by atoms with Crippen LogP contribution in [0.15, 0.2) is 30.3 Å². The zero-order valence-electron chi connectivity index (χ0n) is 10.5. The van der Waals surface area contributed by atoms with Gasteiger partial charge in [0.25, 0.3) is 0 Å². The molecule has 0 unspecified atom stereocenters. The fourth-order valence-corrected chi connectivity index (χ4v) is 2.98. The molecular formula is C15H23N. The Hall–Kier alpha value is -0.820. The summed E-state index contributed by atoms with van der Waals surface area (Å²) in [6.07, 6.45) is 6.68. The van der Waals surface area contributed by atoms with E-state index >= 15 is 0 Å². The van der Waals surface area contributed by atoms with Crippen LogP contribution in [0, 0.1) is 0 Å². The maximum absolute atomic E-state index is 3.81. The third kappa shape index (κ3) is 2.46. The normalized spacial score (nSPS) is 19.9. The van der Waals surface area contributed by atoms with Crippen LogP contribution in [0.3, 0.4) is 0 Å². The summed E-state index contributed by atoms with van der Waals surface area (Å²) in [7, 11) is 0. The molecule has 2 rings (SSSR count). The number of rotatable bonds is 3. The fraction of sp³-hybridized carbons (Fsp3) is 0.600. The van der Waals surface area contributed by atoms with Crippen molar-refractivity contribution in [3.63, 3.8) is 0 Å². The van der Waals surface area contributed by atoms with E-state index in [0.717, 1.165) is 0 Å².